The Kier molecular flexibility index (Phi) is 5.29. The topological polar surface area (TPSA) is 30.5 Å². The van der Waals surface area contributed by atoms with E-state index in [4.69, 9.17) is 9.47 Å². The molecule has 3 unspecified atom stereocenters. The first-order valence-electron chi connectivity index (χ1n) is 8.34. The van der Waals surface area contributed by atoms with Gasteiger partial charge in [-0.25, -0.2) is 0 Å². The zero-order valence-electron chi connectivity index (χ0n) is 12.7. The van der Waals surface area contributed by atoms with Crippen molar-refractivity contribution in [3.8, 4) is 0 Å². The summed E-state index contributed by atoms with van der Waals surface area (Å²) in [7, 11) is 2.11. The summed E-state index contributed by atoms with van der Waals surface area (Å²) in [5.41, 5.74) is 0.192. The minimum Gasteiger partial charge on any atom is -0.377 e. The molecule has 0 aromatic rings. The number of hydrogen-bond donors (Lipinski definition) is 1. The maximum Gasteiger partial charge on any atom is 0.0730 e. The van der Waals surface area contributed by atoms with Gasteiger partial charge in [0.1, 0.15) is 0 Å². The Morgan fingerprint density at radius 3 is 2.70 bits per heavy atom. The third kappa shape index (κ3) is 3.34. The van der Waals surface area contributed by atoms with Crippen molar-refractivity contribution in [1.82, 2.24) is 5.32 Å². The van der Waals surface area contributed by atoms with Crippen molar-refractivity contribution in [3.63, 3.8) is 0 Å². The molecule has 0 bridgehead atoms. The van der Waals surface area contributed by atoms with E-state index in [0.717, 1.165) is 19.1 Å². The van der Waals surface area contributed by atoms with Crippen molar-refractivity contribution >= 4 is 11.8 Å². The van der Waals surface area contributed by atoms with Gasteiger partial charge in [-0.05, 0) is 69.4 Å². The standard InChI is InChI=1S/C16H29NO2S/c1-17-15(14-4-2-3-8-18-14)13-5-9-19-16(12-13)6-10-20-11-7-16/h13-15,17H,2-12H2,1H3. The highest BCUT2D eigenvalue weighted by molar-refractivity contribution is 7.99. The maximum absolute atomic E-state index is 6.24. The lowest BCUT2D eigenvalue weighted by atomic mass is 9.76. The Morgan fingerprint density at radius 1 is 1.15 bits per heavy atom. The van der Waals surface area contributed by atoms with E-state index in [2.05, 4.69) is 24.1 Å². The third-order valence-electron chi connectivity index (χ3n) is 5.39. The number of thioether (sulfide) groups is 1. The van der Waals surface area contributed by atoms with Crippen molar-refractivity contribution in [2.45, 2.75) is 62.7 Å². The smallest absolute Gasteiger partial charge is 0.0730 e. The van der Waals surface area contributed by atoms with E-state index in [1.807, 2.05) is 0 Å². The highest BCUT2D eigenvalue weighted by atomic mass is 32.2. The Morgan fingerprint density at radius 2 is 2.00 bits per heavy atom. The van der Waals surface area contributed by atoms with Crippen LogP contribution in [0.4, 0.5) is 0 Å². The molecule has 0 amide bonds. The van der Waals surface area contributed by atoms with Crippen molar-refractivity contribution in [3.05, 3.63) is 0 Å². The Balaban J connectivity index is 1.64. The summed E-state index contributed by atoms with van der Waals surface area (Å²) in [6.07, 6.45) is 9.14. The van der Waals surface area contributed by atoms with Gasteiger partial charge in [0.2, 0.25) is 0 Å². The molecule has 20 heavy (non-hydrogen) atoms. The van der Waals surface area contributed by atoms with E-state index in [-0.39, 0.29) is 5.60 Å². The average Bonchev–Trinajstić information content (AvgIpc) is 2.50. The van der Waals surface area contributed by atoms with Crippen LogP contribution in [0.15, 0.2) is 0 Å². The lowest BCUT2D eigenvalue weighted by Gasteiger charge is -2.47. The molecule has 0 aromatic carbocycles. The number of rotatable bonds is 3. The molecule has 0 aromatic heterocycles. The van der Waals surface area contributed by atoms with Gasteiger partial charge in [0.05, 0.1) is 11.7 Å². The summed E-state index contributed by atoms with van der Waals surface area (Å²) in [5, 5.41) is 3.58. The Labute approximate surface area is 127 Å². The molecule has 3 aliphatic heterocycles. The molecule has 0 radical (unpaired) electrons. The summed E-state index contributed by atoms with van der Waals surface area (Å²) in [4.78, 5) is 0. The molecule has 3 saturated heterocycles. The lowest BCUT2D eigenvalue weighted by molar-refractivity contribution is -0.119. The van der Waals surface area contributed by atoms with Crippen LogP contribution in [-0.2, 0) is 9.47 Å². The monoisotopic (exact) mass is 299 g/mol. The molecule has 3 nitrogen and oxygen atoms in total. The third-order valence-corrected chi connectivity index (χ3v) is 6.38. The Hall–Kier alpha value is 0.230. The van der Waals surface area contributed by atoms with Gasteiger partial charge < -0.3 is 14.8 Å². The second-order valence-electron chi connectivity index (χ2n) is 6.62. The van der Waals surface area contributed by atoms with E-state index >= 15 is 0 Å². The highest BCUT2D eigenvalue weighted by Crippen LogP contribution is 2.41. The first-order valence-corrected chi connectivity index (χ1v) is 9.49. The molecule has 3 heterocycles. The molecular formula is C16H29NO2S. The molecule has 0 saturated carbocycles. The molecule has 1 N–H and O–H groups in total. The summed E-state index contributed by atoms with van der Waals surface area (Å²) in [5.74, 6) is 3.27. The predicted molar refractivity (Wildman–Crippen MR) is 84.4 cm³/mol. The summed E-state index contributed by atoms with van der Waals surface area (Å²) >= 11 is 2.09. The SMILES string of the molecule is CNC(C1CCOC2(CCSCC2)C1)C1CCCCO1. The van der Waals surface area contributed by atoms with Gasteiger partial charge in [-0.1, -0.05) is 0 Å². The summed E-state index contributed by atoms with van der Waals surface area (Å²) < 4.78 is 12.3. The van der Waals surface area contributed by atoms with Gasteiger partial charge in [-0.15, -0.1) is 0 Å². The van der Waals surface area contributed by atoms with Crippen LogP contribution >= 0.6 is 11.8 Å². The highest BCUT2D eigenvalue weighted by Gasteiger charge is 2.42. The molecule has 3 rings (SSSR count). The van der Waals surface area contributed by atoms with Crippen LogP contribution < -0.4 is 5.32 Å². The van der Waals surface area contributed by atoms with Crippen LogP contribution in [0.5, 0.6) is 0 Å². The zero-order chi connectivity index (χ0) is 13.8. The second kappa shape index (κ2) is 6.99. The lowest BCUT2D eigenvalue weighted by Crippen LogP contribution is -2.52. The summed E-state index contributed by atoms with van der Waals surface area (Å²) in [6, 6.07) is 0.519. The van der Waals surface area contributed by atoms with E-state index in [1.54, 1.807) is 0 Å². The van der Waals surface area contributed by atoms with Crippen molar-refractivity contribution < 1.29 is 9.47 Å². The van der Waals surface area contributed by atoms with Gasteiger partial charge in [0, 0.05) is 19.3 Å². The first-order chi connectivity index (χ1) is 9.83. The number of ether oxygens (including phenoxy) is 2. The van der Waals surface area contributed by atoms with Crippen LogP contribution in [0, 0.1) is 5.92 Å². The van der Waals surface area contributed by atoms with Crippen LogP contribution in [0.1, 0.15) is 44.9 Å². The van der Waals surface area contributed by atoms with Gasteiger partial charge in [0.25, 0.3) is 0 Å². The van der Waals surface area contributed by atoms with Crippen molar-refractivity contribution in [2.24, 2.45) is 5.92 Å². The molecule has 1 spiro atoms. The molecule has 3 fully saturated rings. The van der Waals surface area contributed by atoms with Crippen LogP contribution in [0.2, 0.25) is 0 Å². The molecule has 3 atom stereocenters. The van der Waals surface area contributed by atoms with E-state index < -0.39 is 0 Å². The molecule has 3 aliphatic rings. The molecule has 4 heteroatoms. The quantitative estimate of drug-likeness (QED) is 0.868. The van der Waals surface area contributed by atoms with Crippen molar-refractivity contribution in [1.29, 1.82) is 0 Å². The normalized spacial score (nSPS) is 35.9. The Bertz CT molecular complexity index is 295. The van der Waals surface area contributed by atoms with E-state index in [0.29, 0.717) is 12.1 Å². The predicted octanol–water partition coefficient (Wildman–Crippen LogP) is 2.84. The minimum absolute atomic E-state index is 0.192. The first kappa shape index (κ1) is 15.1. The average molecular weight is 299 g/mol. The molecule has 116 valence electrons. The van der Waals surface area contributed by atoms with Crippen molar-refractivity contribution in [2.75, 3.05) is 31.8 Å². The fourth-order valence-electron chi connectivity index (χ4n) is 4.24. The summed E-state index contributed by atoms with van der Waals surface area (Å²) in [6.45, 7) is 1.90. The zero-order valence-corrected chi connectivity index (χ0v) is 13.6. The van der Waals surface area contributed by atoms with E-state index in [1.165, 1.54) is 56.5 Å². The maximum atomic E-state index is 6.24. The number of nitrogens with one attached hydrogen (secondary N) is 1. The number of hydrogen-bond acceptors (Lipinski definition) is 4. The molecular weight excluding hydrogens is 270 g/mol. The number of likely N-dealkylation sites (N-methyl/N-ethyl adjacent to an activating group) is 1. The van der Waals surface area contributed by atoms with Crippen LogP contribution in [0.3, 0.4) is 0 Å². The fourth-order valence-corrected chi connectivity index (χ4v) is 5.47. The van der Waals surface area contributed by atoms with E-state index in [9.17, 15) is 0 Å². The fraction of sp³-hybridized carbons (Fsp3) is 1.00. The second-order valence-corrected chi connectivity index (χ2v) is 7.84. The van der Waals surface area contributed by atoms with Crippen LogP contribution in [0.25, 0.3) is 0 Å². The van der Waals surface area contributed by atoms with Gasteiger partial charge >= 0.3 is 0 Å². The minimum atomic E-state index is 0.192. The largest absolute Gasteiger partial charge is 0.377 e. The van der Waals surface area contributed by atoms with Crippen LogP contribution in [-0.4, -0.2) is 49.5 Å². The van der Waals surface area contributed by atoms with Gasteiger partial charge in [-0.2, -0.15) is 11.8 Å². The van der Waals surface area contributed by atoms with Gasteiger partial charge in [0.15, 0.2) is 0 Å². The molecule has 0 aliphatic carbocycles. The van der Waals surface area contributed by atoms with Gasteiger partial charge in [-0.3, -0.25) is 0 Å².